The van der Waals surface area contributed by atoms with E-state index in [1.807, 2.05) is 18.2 Å². The molecule has 1 saturated carbocycles. The molecule has 7 nitrogen and oxygen atoms in total. The van der Waals surface area contributed by atoms with E-state index in [0.29, 0.717) is 23.7 Å². The van der Waals surface area contributed by atoms with Crippen molar-refractivity contribution >= 4 is 35.3 Å². The number of likely N-dealkylation sites (tertiary alicyclic amines) is 1. The van der Waals surface area contributed by atoms with Crippen LogP contribution in [-0.2, 0) is 26.2 Å². The van der Waals surface area contributed by atoms with E-state index in [1.54, 1.807) is 26.8 Å². The molecule has 10 heteroatoms. The number of benzene rings is 2. The fourth-order valence-corrected chi connectivity index (χ4v) is 6.61. The number of rotatable bonds is 7. The molecule has 2 aromatic rings. The van der Waals surface area contributed by atoms with Gasteiger partial charge in [0.1, 0.15) is 29.3 Å². The van der Waals surface area contributed by atoms with Crippen LogP contribution in [0.2, 0.25) is 10.0 Å². The molecule has 1 aliphatic heterocycles. The van der Waals surface area contributed by atoms with Gasteiger partial charge in [-0.05, 0) is 102 Å². The molecule has 42 heavy (non-hydrogen) atoms. The molecule has 2 aromatic carbocycles. The molecule has 0 N–H and O–H groups in total. The van der Waals surface area contributed by atoms with E-state index in [4.69, 9.17) is 37.4 Å². The Morgan fingerprint density at radius 3 is 2.40 bits per heavy atom. The standard InChI is InChI=1S/C32H41Cl2FN2O5/c1-31(2,3)42-30(39)37-19-25(18-27(37)29(38)40-6)41-24-15-21(28(34)26(35)17-24)14-20-10-12-32(13-11-20,36(4)5)22-8-7-9-23(33)16-22/h7-9,15-17,20,25,27H,10-14,18-19H2,1-6H3/t20?,25-,27-,32?/m0/s1. The van der Waals surface area contributed by atoms with E-state index in [2.05, 4.69) is 25.1 Å². The van der Waals surface area contributed by atoms with Gasteiger partial charge in [0, 0.05) is 23.0 Å². The molecule has 1 amide bonds. The van der Waals surface area contributed by atoms with E-state index in [-0.39, 0.29) is 23.5 Å². The Labute approximate surface area is 258 Å². The van der Waals surface area contributed by atoms with E-state index in [1.165, 1.54) is 23.6 Å². The molecule has 2 atom stereocenters. The van der Waals surface area contributed by atoms with Crippen LogP contribution < -0.4 is 4.74 Å². The number of hydrogen-bond acceptors (Lipinski definition) is 6. The van der Waals surface area contributed by atoms with Gasteiger partial charge in [0.15, 0.2) is 0 Å². The van der Waals surface area contributed by atoms with Crippen molar-refractivity contribution in [2.75, 3.05) is 27.7 Å². The van der Waals surface area contributed by atoms with E-state index in [0.717, 1.165) is 30.7 Å². The molecule has 0 spiro atoms. The summed E-state index contributed by atoms with van der Waals surface area (Å²) in [5.41, 5.74) is 1.05. The lowest BCUT2D eigenvalue weighted by Crippen LogP contribution is -2.44. The van der Waals surface area contributed by atoms with Crippen LogP contribution in [0, 0.1) is 11.7 Å². The third-order valence-electron chi connectivity index (χ3n) is 8.40. The summed E-state index contributed by atoms with van der Waals surface area (Å²) in [6, 6.07) is 10.2. The Morgan fingerprint density at radius 1 is 1.12 bits per heavy atom. The van der Waals surface area contributed by atoms with Gasteiger partial charge < -0.3 is 14.2 Å². The SMILES string of the molecule is COC(=O)[C@@H]1C[C@H](Oc2cc(F)c(Cl)c(CC3CCC(c4cccc(Cl)c4)(N(C)C)CC3)c2)CN1C(=O)OC(C)(C)C. The second kappa shape index (κ2) is 13.0. The third kappa shape index (κ3) is 7.32. The predicted octanol–water partition coefficient (Wildman–Crippen LogP) is 7.25. The minimum atomic E-state index is -0.856. The zero-order chi connectivity index (χ0) is 30.8. The highest BCUT2D eigenvalue weighted by Gasteiger charge is 2.43. The fraction of sp³-hybridized carbons (Fsp3) is 0.562. The number of esters is 1. The topological polar surface area (TPSA) is 68.3 Å². The summed E-state index contributed by atoms with van der Waals surface area (Å²) in [4.78, 5) is 28.9. The van der Waals surface area contributed by atoms with Crippen LogP contribution in [-0.4, -0.2) is 67.4 Å². The first-order valence-electron chi connectivity index (χ1n) is 14.4. The first-order chi connectivity index (χ1) is 19.7. The van der Waals surface area contributed by atoms with Gasteiger partial charge in [-0.1, -0.05) is 35.3 Å². The average molecular weight is 624 g/mol. The van der Waals surface area contributed by atoms with E-state index in [9.17, 15) is 9.59 Å². The van der Waals surface area contributed by atoms with E-state index < -0.39 is 35.6 Å². The fourth-order valence-electron chi connectivity index (χ4n) is 6.23. The van der Waals surface area contributed by atoms with Gasteiger partial charge in [-0.2, -0.15) is 0 Å². The predicted molar refractivity (Wildman–Crippen MR) is 162 cm³/mol. The smallest absolute Gasteiger partial charge is 0.411 e. The summed E-state index contributed by atoms with van der Waals surface area (Å²) in [5.74, 6) is -0.488. The van der Waals surface area contributed by atoms with Crippen LogP contribution in [0.15, 0.2) is 36.4 Å². The molecule has 2 fully saturated rings. The Morgan fingerprint density at radius 2 is 1.81 bits per heavy atom. The maximum Gasteiger partial charge on any atom is 0.411 e. The van der Waals surface area contributed by atoms with Crippen molar-refractivity contribution in [1.29, 1.82) is 0 Å². The monoisotopic (exact) mass is 622 g/mol. The molecular formula is C32H41Cl2FN2O5. The number of ether oxygens (including phenoxy) is 3. The Bertz CT molecular complexity index is 1290. The Hall–Kier alpha value is -2.55. The molecule has 1 heterocycles. The van der Waals surface area contributed by atoms with Crippen molar-refractivity contribution in [1.82, 2.24) is 9.80 Å². The summed E-state index contributed by atoms with van der Waals surface area (Å²) in [7, 11) is 5.48. The van der Waals surface area contributed by atoms with Crippen LogP contribution in [0.3, 0.4) is 0 Å². The molecule has 230 valence electrons. The molecule has 0 radical (unpaired) electrons. The quantitative estimate of drug-likeness (QED) is 0.303. The highest BCUT2D eigenvalue weighted by Crippen LogP contribution is 2.45. The van der Waals surface area contributed by atoms with Crippen molar-refractivity contribution in [3.63, 3.8) is 0 Å². The summed E-state index contributed by atoms with van der Waals surface area (Å²) >= 11 is 12.8. The normalized spacial score (nSPS) is 24.5. The Kier molecular flexibility index (Phi) is 10.0. The van der Waals surface area contributed by atoms with Gasteiger partial charge in [-0.3, -0.25) is 9.80 Å². The number of halogens is 3. The minimum Gasteiger partial charge on any atom is -0.488 e. The first kappa shape index (κ1) is 32.4. The van der Waals surface area contributed by atoms with Crippen LogP contribution in [0.5, 0.6) is 5.75 Å². The van der Waals surface area contributed by atoms with Crippen LogP contribution in [0.4, 0.5) is 9.18 Å². The highest BCUT2D eigenvalue weighted by molar-refractivity contribution is 6.31. The van der Waals surface area contributed by atoms with Gasteiger partial charge in [-0.25, -0.2) is 14.0 Å². The summed E-state index contributed by atoms with van der Waals surface area (Å²) in [5, 5.41) is 0.820. The second-order valence-electron chi connectivity index (χ2n) is 12.6. The molecule has 2 aliphatic rings. The zero-order valence-electron chi connectivity index (χ0n) is 25.2. The zero-order valence-corrected chi connectivity index (χ0v) is 26.7. The van der Waals surface area contributed by atoms with Crippen LogP contribution in [0.1, 0.15) is 64.0 Å². The summed E-state index contributed by atoms with van der Waals surface area (Å²) in [6.07, 6.45) is 3.41. The van der Waals surface area contributed by atoms with E-state index >= 15 is 4.39 Å². The van der Waals surface area contributed by atoms with Crippen LogP contribution >= 0.6 is 23.2 Å². The number of carbonyl (C=O) groups is 2. The van der Waals surface area contributed by atoms with Gasteiger partial charge in [-0.15, -0.1) is 0 Å². The number of carbonyl (C=O) groups excluding carboxylic acids is 2. The molecule has 0 unspecified atom stereocenters. The van der Waals surface area contributed by atoms with Gasteiger partial charge in [0.05, 0.1) is 18.7 Å². The highest BCUT2D eigenvalue weighted by atomic mass is 35.5. The lowest BCUT2D eigenvalue weighted by atomic mass is 9.70. The maximum atomic E-state index is 15.0. The van der Waals surface area contributed by atoms with Gasteiger partial charge in [0.2, 0.25) is 0 Å². The maximum absolute atomic E-state index is 15.0. The van der Waals surface area contributed by atoms with Crippen molar-refractivity contribution in [3.05, 3.63) is 63.4 Å². The molecule has 4 rings (SSSR count). The summed E-state index contributed by atoms with van der Waals surface area (Å²) < 4.78 is 31.5. The largest absolute Gasteiger partial charge is 0.488 e. The van der Waals surface area contributed by atoms with Crippen LogP contribution in [0.25, 0.3) is 0 Å². The Balaban J connectivity index is 1.46. The van der Waals surface area contributed by atoms with Gasteiger partial charge >= 0.3 is 12.1 Å². The van der Waals surface area contributed by atoms with Crippen molar-refractivity contribution in [3.8, 4) is 5.75 Å². The first-order valence-corrected chi connectivity index (χ1v) is 15.1. The van der Waals surface area contributed by atoms with Crippen molar-refractivity contribution < 1.29 is 28.2 Å². The third-order valence-corrected chi connectivity index (χ3v) is 9.06. The molecular weight excluding hydrogens is 582 g/mol. The number of nitrogens with zero attached hydrogens (tertiary/aromatic N) is 2. The number of hydrogen-bond donors (Lipinski definition) is 0. The molecule has 1 aliphatic carbocycles. The van der Waals surface area contributed by atoms with Crippen molar-refractivity contribution in [2.24, 2.45) is 5.92 Å². The summed E-state index contributed by atoms with van der Waals surface area (Å²) in [6.45, 7) is 5.37. The molecule has 1 saturated heterocycles. The van der Waals surface area contributed by atoms with Gasteiger partial charge in [0.25, 0.3) is 0 Å². The average Bonchev–Trinajstić information content (AvgIpc) is 3.34. The number of methoxy groups -OCH3 is 1. The lowest BCUT2D eigenvalue weighted by molar-refractivity contribution is -0.145. The second-order valence-corrected chi connectivity index (χ2v) is 13.4. The lowest BCUT2D eigenvalue weighted by Gasteiger charge is -2.46. The minimum absolute atomic E-state index is 0.0934. The number of amides is 1. The molecule has 0 aromatic heterocycles. The molecule has 0 bridgehead atoms. The van der Waals surface area contributed by atoms with Crippen molar-refractivity contribution in [2.45, 2.75) is 82.6 Å².